The molecule has 0 aliphatic carbocycles. The molecular formula is C32H41ClF2N6O5S. The van der Waals surface area contributed by atoms with Gasteiger partial charge in [0, 0.05) is 63.3 Å². The fourth-order valence-corrected chi connectivity index (χ4v) is 5.84. The third-order valence-corrected chi connectivity index (χ3v) is 8.28. The lowest BCUT2D eigenvalue weighted by atomic mass is 10.0. The van der Waals surface area contributed by atoms with Crippen LogP contribution in [-0.2, 0) is 16.6 Å². The van der Waals surface area contributed by atoms with Gasteiger partial charge in [0.05, 0.1) is 17.5 Å². The van der Waals surface area contributed by atoms with E-state index in [1.54, 1.807) is 35.4 Å². The Labute approximate surface area is 280 Å². The molecule has 2 heterocycles. The summed E-state index contributed by atoms with van der Waals surface area (Å²) in [5.41, 5.74) is 1.59. The van der Waals surface area contributed by atoms with E-state index in [1.165, 1.54) is 7.05 Å². The minimum Gasteiger partial charge on any atom is -0.439 e. The zero-order chi connectivity index (χ0) is 33.4. The van der Waals surface area contributed by atoms with Crippen molar-refractivity contribution in [2.24, 2.45) is 0 Å². The molecule has 1 aliphatic rings. The molecule has 4 rings (SSSR count). The Balaban J connectivity index is 0.00000600. The van der Waals surface area contributed by atoms with Crippen LogP contribution in [0.4, 0.5) is 25.0 Å². The van der Waals surface area contributed by atoms with Gasteiger partial charge in [-0.25, -0.2) is 27.0 Å². The molecule has 15 heteroatoms. The topological polar surface area (TPSA) is 133 Å². The maximum Gasteiger partial charge on any atom is 0.322 e. The number of anilines is 2. The first-order valence-corrected chi connectivity index (χ1v) is 17.0. The number of piperidine rings is 1. The van der Waals surface area contributed by atoms with E-state index in [1.807, 2.05) is 19.9 Å². The molecule has 0 unspecified atom stereocenters. The van der Waals surface area contributed by atoms with Gasteiger partial charge in [0.15, 0.2) is 0 Å². The van der Waals surface area contributed by atoms with Crippen molar-refractivity contribution in [2.45, 2.75) is 52.1 Å². The van der Waals surface area contributed by atoms with E-state index in [0.29, 0.717) is 49.3 Å². The third-order valence-electron chi connectivity index (χ3n) is 7.68. The standard InChI is InChI=1S/C32H40F2N6O5S.ClH/c1-5-6-13-40(32(42)37-28-17-25(31(41)35-3)26(33)18-27(28)34)24-11-14-39(15-12-24)20-22-7-10-30(36-19-22)45-29-9-8-23(16-21(29)2)38-46(4,43)44;/h7-10,16-19,24,38H,5-6,11-15,20H2,1-4H3,(H,35,41)(H,37,42);1H. The van der Waals surface area contributed by atoms with Crippen LogP contribution < -0.4 is 20.1 Å². The van der Waals surface area contributed by atoms with Gasteiger partial charge in [-0.05, 0) is 61.6 Å². The number of nitrogens with zero attached hydrogens (tertiary/aromatic N) is 3. The Morgan fingerprint density at radius 3 is 2.40 bits per heavy atom. The molecule has 256 valence electrons. The summed E-state index contributed by atoms with van der Waals surface area (Å²) in [6.45, 7) is 6.46. The van der Waals surface area contributed by atoms with Gasteiger partial charge < -0.3 is 20.3 Å². The molecule has 0 spiro atoms. The Morgan fingerprint density at radius 1 is 1.09 bits per heavy atom. The highest BCUT2D eigenvalue weighted by molar-refractivity contribution is 7.92. The summed E-state index contributed by atoms with van der Waals surface area (Å²) in [5.74, 6) is -1.71. The number of hydrogen-bond acceptors (Lipinski definition) is 7. The van der Waals surface area contributed by atoms with Crippen molar-refractivity contribution >= 4 is 45.7 Å². The summed E-state index contributed by atoms with van der Waals surface area (Å²) in [7, 11) is -2.04. The van der Waals surface area contributed by atoms with E-state index in [0.717, 1.165) is 49.4 Å². The largest absolute Gasteiger partial charge is 0.439 e. The van der Waals surface area contributed by atoms with Gasteiger partial charge in [0.1, 0.15) is 17.4 Å². The molecule has 1 aliphatic heterocycles. The Morgan fingerprint density at radius 2 is 1.81 bits per heavy atom. The highest BCUT2D eigenvalue weighted by Gasteiger charge is 2.29. The lowest BCUT2D eigenvalue weighted by Gasteiger charge is -2.38. The molecule has 0 saturated carbocycles. The Hall–Kier alpha value is -4.01. The maximum absolute atomic E-state index is 14.5. The minimum absolute atomic E-state index is 0. The number of benzene rings is 2. The molecule has 1 fully saturated rings. The first kappa shape index (κ1) is 37.4. The first-order valence-electron chi connectivity index (χ1n) is 15.1. The van der Waals surface area contributed by atoms with Gasteiger partial charge in [-0.2, -0.15) is 0 Å². The number of sulfonamides is 1. The minimum atomic E-state index is -3.38. The number of carbonyl (C=O) groups excluding carboxylic acids is 2. The average molecular weight is 695 g/mol. The smallest absolute Gasteiger partial charge is 0.322 e. The monoisotopic (exact) mass is 694 g/mol. The molecule has 0 atom stereocenters. The fraction of sp³-hybridized carbons (Fsp3) is 0.406. The van der Waals surface area contributed by atoms with E-state index in [4.69, 9.17) is 4.74 Å². The van der Waals surface area contributed by atoms with E-state index in [-0.39, 0.29) is 29.7 Å². The predicted octanol–water partition coefficient (Wildman–Crippen LogP) is 5.91. The number of pyridine rings is 1. The number of rotatable bonds is 12. The molecule has 47 heavy (non-hydrogen) atoms. The van der Waals surface area contributed by atoms with Gasteiger partial charge in [-0.15, -0.1) is 12.4 Å². The van der Waals surface area contributed by atoms with Gasteiger partial charge in [-0.1, -0.05) is 19.4 Å². The second kappa shape index (κ2) is 16.7. The SMILES string of the molecule is CCCCN(C(=O)Nc1cc(C(=O)NC)c(F)cc1F)C1CCN(Cc2ccc(Oc3ccc(NS(C)(=O)=O)cc3C)nc2)CC1.Cl. The summed E-state index contributed by atoms with van der Waals surface area (Å²) >= 11 is 0. The second-order valence-electron chi connectivity index (χ2n) is 11.3. The zero-order valence-corrected chi connectivity index (χ0v) is 28.4. The van der Waals surface area contributed by atoms with Crippen LogP contribution in [-0.4, -0.2) is 74.1 Å². The molecule has 3 aromatic rings. The molecule has 3 N–H and O–H groups in total. The number of urea groups is 1. The normalized spacial score (nSPS) is 13.7. The molecular weight excluding hydrogens is 654 g/mol. The summed E-state index contributed by atoms with van der Waals surface area (Å²) in [6, 6.07) is 9.78. The number of aromatic nitrogens is 1. The van der Waals surface area contributed by atoms with E-state index >= 15 is 0 Å². The fourth-order valence-electron chi connectivity index (χ4n) is 5.29. The molecule has 2 aromatic carbocycles. The third kappa shape index (κ3) is 10.5. The number of unbranched alkanes of at least 4 members (excludes halogenated alkanes) is 1. The Bertz CT molecular complexity index is 1650. The van der Waals surface area contributed by atoms with Crippen molar-refractivity contribution in [1.29, 1.82) is 0 Å². The number of carbonyl (C=O) groups is 2. The van der Waals surface area contributed by atoms with Gasteiger partial charge in [0.2, 0.25) is 15.9 Å². The van der Waals surface area contributed by atoms with Crippen LogP contribution in [0.25, 0.3) is 0 Å². The lowest BCUT2D eigenvalue weighted by molar-refractivity contribution is 0.0959. The van der Waals surface area contributed by atoms with Crippen molar-refractivity contribution in [1.82, 2.24) is 20.1 Å². The van der Waals surface area contributed by atoms with E-state index in [2.05, 4.69) is 25.2 Å². The van der Waals surface area contributed by atoms with Crippen LogP contribution in [0.3, 0.4) is 0 Å². The maximum atomic E-state index is 14.5. The number of aryl methyl sites for hydroxylation is 1. The predicted molar refractivity (Wildman–Crippen MR) is 180 cm³/mol. The summed E-state index contributed by atoms with van der Waals surface area (Å²) in [4.78, 5) is 33.7. The van der Waals surface area contributed by atoms with Gasteiger partial charge >= 0.3 is 6.03 Å². The first-order chi connectivity index (χ1) is 21.9. The summed E-state index contributed by atoms with van der Waals surface area (Å²) < 4.78 is 60.0. The molecule has 3 amide bonds. The number of likely N-dealkylation sites (tertiary alicyclic amines) is 1. The molecule has 1 saturated heterocycles. The van der Waals surface area contributed by atoms with Crippen LogP contribution in [0.1, 0.15) is 54.1 Å². The second-order valence-corrected chi connectivity index (χ2v) is 13.1. The number of halogens is 3. The highest BCUT2D eigenvalue weighted by Crippen LogP contribution is 2.28. The molecule has 0 bridgehead atoms. The average Bonchev–Trinajstić information content (AvgIpc) is 3.00. The molecule has 1 aromatic heterocycles. The van der Waals surface area contributed by atoms with E-state index < -0.39 is 33.6 Å². The molecule has 11 nitrogen and oxygen atoms in total. The van der Waals surface area contributed by atoms with Crippen molar-refractivity contribution in [3.8, 4) is 11.6 Å². The summed E-state index contributed by atoms with van der Waals surface area (Å²) in [6.07, 6.45) is 5.91. The van der Waals surface area contributed by atoms with Crippen molar-refractivity contribution < 1.29 is 31.5 Å². The number of hydrogen-bond donors (Lipinski definition) is 3. The van der Waals surface area contributed by atoms with Crippen molar-refractivity contribution in [2.75, 3.05) is 43.0 Å². The van der Waals surface area contributed by atoms with Crippen molar-refractivity contribution in [3.05, 3.63) is 77.0 Å². The van der Waals surface area contributed by atoms with Crippen molar-refractivity contribution in [3.63, 3.8) is 0 Å². The van der Waals surface area contributed by atoms with Crippen LogP contribution in [0.5, 0.6) is 11.6 Å². The van der Waals surface area contributed by atoms with Crippen LogP contribution >= 0.6 is 12.4 Å². The number of ether oxygens (including phenoxy) is 1. The van der Waals surface area contributed by atoms with E-state index in [9.17, 15) is 26.8 Å². The van der Waals surface area contributed by atoms with Crippen LogP contribution in [0.15, 0.2) is 48.7 Å². The number of nitrogens with one attached hydrogen (secondary N) is 3. The zero-order valence-electron chi connectivity index (χ0n) is 26.8. The molecule has 0 radical (unpaired) electrons. The van der Waals surface area contributed by atoms with Gasteiger partial charge in [-0.3, -0.25) is 14.4 Å². The van der Waals surface area contributed by atoms with Crippen LogP contribution in [0, 0.1) is 18.6 Å². The Kier molecular flexibility index (Phi) is 13.3. The summed E-state index contributed by atoms with van der Waals surface area (Å²) in [5, 5.41) is 4.87. The van der Waals surface area contributed by atoms with Gasteiger partial charge in [0.25, 0.3) is 5.91 Å². The lowest BCUT2D eigenvalue weighted by Crippen LogP contribution is -2.49. The quantitative estimate of drug-likeness (QED) is 0.215. The number of amides is 3. The highest BCUT2D eigenvalue weighted by atomic mass is 35.5. The van der Waals surface area contributed by atoms with Crippen LogP contribution in [0.2, 0.25) is 0 Å².